The van der Waals surface area contributed by atoms with E-state index >= 15 is 0 Å². The molecule has 0 saturated carbocycles. The number of nitrogen functional groups attached to an aromatic ring is 1. The SMILES string of the molecule is CCc1cc2c(Oc3ccccc3C#N)nc(N)nc2s1. The standard InChI is InChI=1S/C15H12N4OS/c1-2-10-7-11-13(18-15(17)19-14(11)21-10)20-12-6-4-3-5-9(12)8-16/h3-7H,2H2,1H3,(H2,17,18,19). The van der Waals surface area contributed by atoms with Crippen LogP contribution >= 0.6 is 11.3 Å². The predicted molar refractivity (Wildman–Crippen MR) is 82.4 cm³/mol. The number of ether oxygens (including phenoxy) is 1. The van der Waals surface area contributed by atoms with Gasteiger partial charge in [0.25, 0.3) is 0 Å². The van der Waals surface area contributed by atoms with Gasteiger partial charge in [0.15, 0.2) is 0 Å². The van der Waals surface area contributed by atoms with Gasteiger partial charge in [-0.3, -0.25) is 0 Å². The highest BCUT2D eigenvalue weighted by Gasteiger charge is 2.13. The number of aromatic nitrogens is 2. The number of anilines is 1. The molecule has 2 heterocycles. The minimum atomic E-state index is 0.163. The smallest absolute Gasteiger partial charge is 0.232 e. The van der Waals surface area contributed by atoms with E-state index in [1.54, 1.807) is 29.5 Å². The van der Waals surface area contributed by atoms with Crippen LogP contribution in [0.5, 0.6) is 11.6 Å². The van der Waals surface area contributed by atoms with Crippen LogP contribution in [0, 0.1) is 11.3 Å². The van der Waals surface area contributed by atoms with E-state index in [0.29, 0.717) is 17.2 Å². The lowest BCUT2D eigenvalue weighted by Gasteiger charge is -2.07. The molecule has 3 rings (SSSR count). The molecule has 3 aromatic rings. The maximum Gasteiger partial charge on any atom is 0.232 e. The van der Waals surface area contributed by atoms with Crippen molar-refractivity contribution in [1.29, 1.82) is 5.26 Å². The van der Waals surface area contributed by atoms with E-state index in [4.69, 9.17) is 15.7 Å². The van der Waals surface area contributed by atoms with Gasteiger partial charge >= 0.3 is 0 Å². The maximum atomic E-state index is 9.12. The summed E-state index contributed by atoms with van der Waals surface area (Å²) < 4.78 is 5.81. The molecule has 0 radical (unpaired) electrons. The number of benzene rings is 1. The molecule has 2 N–H and O–H groups in total. The van der Waals surface area contributed by atoms with Gasteiger partial charge in [0, 0.05) is 4.88 Å². The Morgan fingerprint density at radius 2 is 2.14 bits per heavy atom. The number of fused-ring (bicyclic) bond motifs is 1. The van der Waals surface area contributed by atoms with Crippen LogP contribution in [-0.2, 0) is 6.42 Å². The van der Waals surface area contributed by atoms with Crippen LogP contribution in [0.3, 0.4) is 0 Å². The number of rotatable bonds is 3. The summed E-state index contributed by atoms with van der Waals surface area (Å²) in [6.45, 7) is 2.08. The molecule has 0 fully saturated rings. The fourth-order valence-corrected chi connectivity index (χ4v) is 2.93. The normalized spacial score (nSPS) is 10.5. The van der Waals surface area contributed by atoms with Gasteiger partial charge in [-0.1, -0.05) is 19.1 Å². The average Bonchev–Trinajstić information content (AvgIpc) is 2.91. The van der Waals surface area contributed by atoms with Crippen molar-refractivity contribution in [3.63, 3.8) is 0 Å². The average molecular weight is 296 g/mol. The van der Waals surface area contributed by atoms with Gasteiger partial charge in [-0.25, -0.2) is 4.98 Å². The second-order valence-electron chi connectivity index (χ2n) is 4.38. The van der Waals surface area contributed by atoms with Crippen LogP contribution in [0.25, 0.3) is 10.2 Å². The van der Waals surface area contributed by atoms with Crippen LogP contribution in [0.2, 0.25) is 0 Å². The van der Waals surface area contributed by atoms with Gasteiger partial charge in [-0.2, -0.15) is 10.2 Å². The molecule has 2 aromatic heterocycles. The van der Waals surface area contributed by atoms with E-state index in [1.807, 2.05) is 12.1 Å². The Labute approximate surface area is 125 Å². The highest BCUT2D eigenvalue weighted by Crippen LogP contribution is 2.34. The van der Waals surface area contributed by atoms with Crippen LogP contribution in [0.4, 0.5) is 5.95 Å². The lowest BCUT2D eigenvalue weighted by molar-refractivity contribution is 0.468. The zero-order chi connectivity index (χ0) is 14.8. The summed E-state index contributed by atoms with van der Waals surface area (Å²) in [7, 11) is 0. The molecule has 6 heteroatoms. The number of aryl methyl sites for hydroxylation is 1. The zero-order valence-electron chi connectivity index (χ0n) is 11.3. The lowest BCUT2D eigenvalue weighted by Crippen LogP contribution is -1.98. The van der Waals surface area contributed by atoms with E-state index in [9.17, 15) is 0 Å². The summed E-state index contributed by atoms with van der Waals surface area (Å²) in [6.07, 6.45) is 0.912. The molecule has 5 nitrogen and oxygen atoms in total. The fraction of sp³-hybridized carbons (Fsp3) is 0.133. The van der Waals surface area contributed by atoms with Gasteiger partial charge in [0.05, 0.1) is 10.9 Å². The van der Waals surface area contributed by atoms with Gasteiger partial charge in [0.2, 0.25) is 11.8 Å². The van der Waals surface area contributed by atoms with Gasteiger partial charge in [0.1, 0.15) is 16.6 Å². The first-order chi connectivity index (χ1) is 10.2. The van der Waals surface area contributed by atoms with Crippen molar-refractivity contribution in [3.8, 4) is 17.7 Å². The minimum absolute atomic E-state index is 0.163. The Kier molecular flexibility index (Phi) is 3.42. The minimum Gasteiger partial charge on any atom is -0.437 e. The first-order valence-electron chi connectivity index (χ1n) is 6.44. The molecule has 0 saturated heterocycles. The molecule has 0 aliphatic rings. The zero-order valence-corrected chi connectivity index (χ0v) is 12.1. The third-order valence-electron chi connectivity index (χ3n) is 2.99. The number of thiophene rings is 1. The third kappa shape index (κ3) is 2.51. The van der Waals surface area contributed by atoms with Crippen LogP contribution in [0.1, 0.15) is 17.4 Å². The van der Waals surface area contributed by atoms with Gasteiger partial charge in [-0.05, 0) is 24.6 Å². The number of para-hydroxylation sites is 1. The Balaban J connectivity index is 2.12. The van der Waals surface area contributed by atoms with Gasteiger partial charge in [-0.15, -0.1) is 11.3 Å². The molecule has 21 heavy (non-hydrogen) atoms. The summed E-state index contributed by atoms with van der Waals surface area (Å²) in [5.41, 5.74) is 6.19. The van der Waals surface area contributed by atoms with Crippen molar-refractivity contribution in [2.24, 2.45) is 0 Å². The molecule has 0 amide bonds. The number of hydrogen-bond donors (Lipinski definition) is 1. The molecule has 1 aromatic carbocycles. The van der Waals surface area contributed by atoms with Crippen molar-refractivity contribution >= 4 is 27.5 Å². The maximum absolute atomic E-state index is 9.12. The molecule has 0 aliphatic heterocycles. The second kappa shape index (κ2) is 5.38. The van der Waals surface area contributed by atoms with Gasteiger partial charge < -0.3 is 10.5 Å². The van der Waals surface area contributed by atoms with E-state index in [1.165, 1.54) is 4.88 Å². The van der Waals surface area contributed by atoms with Crippen molar-refractivity contribution in [2.45, 2.75) is 13.3 Å². The highest BCUT2D eigenvalue weighted by atomic mass is 32.1. The first kappa shape index (κ1) is 13.3. The summed E-state index contributed by atoms with van der Waals surface area (Å²) in [5, 5.41) is 9.94. The van der Waals surface area contributed by atoms with E-state index in [-0.39, 0.29) is 5.95 Å². The molecule has 0 spiro atoms. The largest absolute Gasteiger partial charge is 0.437 e. The molecule has 0 aliphatic carbocycles. The monoisotopic (exact) mass is 296 g/mol. The topological polar surface area (TPSA) is 84.8 Å². The number of nitrogens with zero attached hydrogens (tertiary/aromatic N) is 3. The Bertz CT molecular complexity index is 850. The molecular formula is C15H12N4OS. The van der Waals surface area contributed by atoms with Crippen molar-refractivity contribution in [3.05, 3.63) is 40.8 Å². The summed E-state index contributed by atoms with van der Waals surface area (Å²) in [4.78, 5) is 10.4. The summed E-state index contributed by atoms with van der Waals surface area (Å²) in [5.74, 6) is 1.01. The lowest BCUT2D eigenvalue weighted by atomic mass is 10.2. The van der Waals surface area contributed by atoms with Crippen LogP contribution in [0.15, 0.2) is 30.3 Å². The van der Waals surface area contributed by atoms with Crippen molar-refractivity contribution in [2.75, 3.05) is 5.73 Å². The second-order valence-corrected chi connectivity index (χ2v) is 5.50. The molecular weight excluding hydrogens is 284 g/mol. The third-order valence-corrected chi connectivity index (χ3v) is 4.16. The van der Waals surface area contributed by atoms with Crippen molar-refractivity contribution < 1.29 is 4.74 Å². The van der Waals surface area contributed by atoms with E-state index in [0.717, 1.165) is 16.6 Å². The fourth-order valence-electron chi connectivity index (χ4n) is 1.97. The highest BCUT2D eigenvalue weighted by molar-refractivity contribution is 7.18. The number of hydrogen-bond acceptors (Lipinski definition) is 6. The Morgan fingerprint density at radius 3 is 2.90 bits per heavy atom. The van der Waals surface area contributed by atoms with Crippen LogP contribution < -0.4 is 10.5 Å². The quantitative estimate of drug-likeness (QED) is 0.799. The molecule has 0 bridgehead atoms. The summed E-state index contributed by atoms with van der Waals surface area (Å²) >= 11 is 1.57. The van der Waals surface area contributed by atoms with Crippen LogP contribution in [-0.4, -0.2) is 9.97 Å². The first-order valence-corrected chi connectivity index (χ1v) is 7.26. The van der Waals surface area contributed by atoms with E-state index < -0.39 is 0 Å². The van der Waals surface area contributed by atoms with E-state index in [2.05, 4.69) is 23.0 Å². The number of nitrogens with two attached hydrogens (primary N) is 1. The molecule has 0 atom stereocenters. The predicted octanol–water partition coefficient (Wildman–Crippen LogP) is 3.50. The molecule has 0 unspecified atom stereocenters. The Morgan fingerprint density at radius 1 is 1.33 bits per heavy atom. The number of nitriles is 1. The van der Waals surface area contributed by atoms with Crippen molar-refractivity contribution in [1.82, 2.24) is 9.97 Å². The summed E-state index contributed by atoms with van der Waals surface area (Å²) in [6, 6.07) is 11.1. The Hall–Kier alpha value is -2.65. The molecule has 104 valence electrons.